The van der Waals surface area contributed by atoms with Crippen molar-refractivity contribution in [1.82, 2.24) is 10.1 Å². The van der Waals surface area contributed by atoms with Crippen LogP contribution in [0.1, 0.15) is 24.4 Å². The van der Waals surface area contributed by atoms with Gasteiger partial charge in [0.2, 0.25) is 11.7 Å². The second kappa shape index (κ2) is 4.35. The van der Waals surface area contributed by atoms with E-state index in [4.69, 9.17) is 10.3 Å². The molecule has 5 heteroatoms. The van der Waals surface area contributed by atoms with Gasteiger partial charge in [-0.2, -0.15) is 4.98 Å². The van der Waals surface area contributed by atoms with Crippen molar-refractivity contribution in [3.05, 3.63) is 34.1 Å². The van der Waals surface area contributed by atoms with E-state index in [0.717, 1.165) is 15.6 Å². The van der Waals surface area contributed by atoms with Gasteiger partial charge in [0.25, 0.3) is 0 Å². The molecule has 0 aliphatic heterocycles. The van der Waals surface area contributed by atoms with Crippen LogP contribution in [-0.4, -0.2) is 10.1 Å². The van der Waals surface area contributed by atoms with Gasteiger partial charge in [-0.25, -0.2) is 0 Å². The molecule has 4 nitrogen and oxygen atoms in total. The topological polar surface area (TPSA) is 64.9 Å². The van der Waals surface area contributed by atoms with Crippen LogP contribution < -0.4 is 5.73 Å². The van der Waals surface area contributed by atoms with E-state index in [2.05, 4.69) is 26.1 Å². The summed E-state index contributed by atoms with van der Waals surface area (Å²) in [7, 11) is 0. The van der Waals surface area contributed by atoms with Crippen molar-refractivity contribution >= 4 is 15.9 Å². The van der Waals surface area contributed by atoms with E-state index in [1.807, 2.05) is 32.0 Å². The molecule has 2 aromatic rings. The fourth-order valence-corrected chi connectivity index (χ4v) is 1.88. The minimum absolute atomic E-state index is 0.239. The molecule has 0 bridgehead atoms. The van der Waals surface area contributed by atoms with Gasteiger partial charge >= 0.3 is 0 Å². The van der Waals surface area contributed by atoms with Crippen molar-refractivity contribution in [3.8, 4) is 11.4 Å². The van der Waals surface area contributed by atoms with Crippen LogP contribution in [0, 0.1) is 6.92 Å². The van der Waals surface area contributed by atoms with Crippen molar-refractivity contribution in [3.63, 3.8) is 0 Å². The first kappa shape index (κ1) is 11.3. The third-order valence-electron chi connectivity index (χ3n) is 2.26. The van der Waals surface area contributed by atoms with Gasteiger partial charge in [-0.05, 0) is 37.6 Å². The average Bonchev–Trinajstić information content (AvgIpc) is 2.66. The molecule has 0 saturated carbocycles. The van der Waals surface area contributed by atoms with Crippen LogP contribution >= 0.6 is 15.9 Å². The monoisotopic (exact) mass is 281 g/mol. The summed E-state index contributed by atoms with van der Waals surface area (Å²) in [6.45, 7) is 3.81. The highest BCUT2D eigenvalue weighted by atomic mass is 79.9. The molecule has 0 radical (unpaired) electrons. The number of halogens is 1. The molecule has 0 fully saturated rings. The number of rotatable bonds is 2. The summed E-state index contributed by atoms with van der Waals surface area (Å²) in [5.74, 6) is 1.04. The first-order valence-corrected chi connectivity index (χ1v) is 5.73. The van der Waals surface area contributed by atoms with Crippen molar-refractivity contribution in [2.45, 2.75) is 19.9 Å². The van der Waals surface area contributed by atoms with Gasteiger partial charge < -0.3 is 10.3 Å². The molecule has 0 aliphatic carbocycles. The Hall–Kier alpha value is -1.20. The maximum atomic E-state index is 5.66. The number of aryl methyl sites for hydroxylation is 1. The van der Waals surface area contributed by atoms with E-state index in [0.29, 0.717) is 11.7 Å². The van der Waals surface area contributed by atoms with Gasteiger partial charge in [0.15, 0.2) is 0 Å². The van der Waals surface area contributed by atoms with Gasteiger partial charge in [-0.3, -0.25) is 0 Å². The van der Waals surface area contributed by atoms with Crippen LogP contribution in [0.3, 0.4) is 0 Å². The molecule has 0 aliphatic rings. The van der Waals surface area contributed by atoms with Crippen LogP contribution in [-0.2, 0) is 0 Å². The summed E-state index contributed by atoms with van der Waals surface area (Å²) in [5.41, 5.74) is 7.71. The normalized spacial score (nSPS) is 12.8. The largest absolute Gasteiger partial charge is 0.337 e. The van der Waals surface area contributed by atoms with E-state index in [1.165, 1.54) is 0 Å². The Kier molecular flexibility index (Phi) is 3.07. The van der Waals surface area contributed by atoms with Crippen LogP contribution in [0.15, 0.2) is 27.2 Å². The lowest BCUT2D eigenvalue weighted by atomic mass is 10.1. The molecule has 0 unspecified atom stereocenters. The number of benzene rings is 1. The fourth-order valence-electron chi connectivity index (χ4n) is 1.41. The smallest absolute Gasteiger partial charge is 0.243 e. The predicted molar refractivity (Wildman–Crippen MR) is 64.8 cm³/mol. The highest BCUT2D eigenvalue weighted by molar-refractivity contribution is 9.10. The van der Waals surface area contributed by atoms with E-state index in [-0.39, 0.29) is 6.04 Å². The molecule has 1 heterocycles. The summed E-state index contributed by atoms with van der Waals surface area (Å²) < 4.78 is 6.10. The summed E-state index contributed by atoms with van der Waals surface area (Å²) in [6, 6.07) is 5.67. The van der Waals surface area contributed by atoms with Crippen LogP contribution in [0.25, 0.3) is 11.4 Å². The maximum Gasteiger partial charge on any atom is 0.243 e. The van der Waals surface area contributed by atoms with Gasteiger partial charge in [-0.15, -0.1) is 0 Å². The summed E-state index contributed by atoms with van der Waals surface area (Å²) in [4.78, 5) is 4.25. The molecule has 16 heavy (non-hydrogen) atoms. The number of hydrogen-bond donors (Lipinski definition) is 1. The lowest BCUT2D eigenvalue weighted by Gasteiger charge is -2.00. The lowest BCUT2D eigenvalue weighted by Crippen LogP contribution is -2.04. The standard InChI is InChI=1S/C11H12BrN3O/c1-6-5-8(12)3-4-9(6)10-14-11(7(2)13)16-15-10/h3-5,7H,13H2,1-2H3/t7-/m1/s1. The Morgan fingerprint density at radius 1 is 1.44 bits per heavy atom. The minimum atomic E-state index is -0.239. The number of aromatic nitrogens is 2. The summed E-state index contributed by atoms with van der Waals surface area (Å²) in [5, 5.41) is 3.92. The van der Waals surface area contributed by atoms with Crippen molar-refractivity contribution in [2.75, 3.05) is 0 Å². The average molecular weight is 282 g/mol. The van der Waals surface area contributed by atoms with Gasteiger partial charge in [-0.1, -0.05) is 21.1 Å². The lowest BCUT2D eigenvalue weighted by molar-refractivity contribution is 0.362. The zero-order chi connectivity index (χ0) is 11.7. The maximum absolute atomic E-state index is 5.66. The first-order chi connectivity index (χ1) is 7.58. The molecular formula is C11H12BrN3O. The van der Waals surface area contributed by atoms with Gasteiger partial charge in [0, 0.05) is 10.0 Å². The van der Waals surface area contributed by atoms with Crippen molar-refractivity contribution in [2.24, 2.45) is 5.73 Å². The van der Waals surface area contributed by atoms with Crippen molar-refractivity contribution in [1.29, 1.82) is 0 Å². The van der Waals surface area contributed by atoms with Crippen LogP contribution in [0.4, 0.5) is 0 Å². The molecule has 84 valence electrons. The van der Waals surface area contributed by atoms with Gasteiger partial charge in [0.1, 0.15) is 0 Å². The zero-order valence-corrected chi connectivity index (χ0v) is 10.7. The second-order valence-corrected chi connectivity index (χ2v) is 4.62. The Bertz CT molecular complexity index is 508. The summed E-state index contributed by atoms with van der Waals surface area (Å²) in [6.07, 6.45) is 0. The molecule has 2 N–H and O–H groups in total. The highest BCUT2D eigenvalue weighted by Gasteiger charge is 2.13. The molecular weight excluding hydrogens is 270 g/mol. The molecule has 1 aromatic heterocycles. The Morgan fingerprint density at radius 3 is 2.75 bits per heavy atom. The van der Waals surface area contributed by atoms with E-state index in [9.17, 15) is 0 Å². The van der Waals surface area contributed by atoms with E-state index in [1.54, 1.807) is 0 Å². The Balaban J connectivity index is 2.42. The third kappa shape index (κ3) is 2.15. The molecule has 0 saturated heterocycles. The molecule has 0 spiro atoms. The van der Waals surface area contributed by atoms with Crippen LogP contribution in [0.2, 0.25) is 0 Å². The van der Waals surface area contributed by atoms with Crippen LogP contribution in [0.5, 0.6) is 0 Å². The first-order valence-electron chi connectivity index (χ1n) is 4.93. The molecule has 0 amide bonds. The Morgan fingerprint density at radius 2 is 2.19 bits per heavy atom. The predicted octanol–water partition coefficient (Wildman–Crippen LogP) is 2.83. The quantitative estimate of drug-likeness (QED) is 0.919. The Labute approximate surface area is 102 Å². The molecule has 2 rings (SSSR count). The molecule has 1 atom stereocenters. The number of hydrogen-bond acceptors (Lipinski definition) is 4. The van der Waals surface area contributed by atoms with E-state index < -0.39 is 0 Å². The van der Waals surface area contributed by atoms with Gasteiger partial charge in [0.05, 0.1) is 6.04 Å². The SMILES string of the molecule is Cc1cc(Br)ccc1-c1noc([C@@H](C)N)n1. The summed E-state index contributed by atoms with van der Waals surface area (Å²) >= 11 is 3.41. The fraction of sp³-hybridized carbons (Fsp3) is 0.273. The minimum Gasteiger partial charge on any atom is -0.337 e. The van der Waals surface area contributed by atoms with Crippen molar-refractivity contribution < 1.29 is 4.52 Å². The number of nitrogens with zero attached hydrogens (tertiary/aromatic N) is 2. The third-order valence-corrected chi connectivity index (χ3v) is 2.75. The zero-order valence-electron chi connectivity index (χ0n) is 9.07. The molecule has 1 aromatic carbocycles. The number of nitrogens with two attached hydrogens (primary N) is 1. The highest BCUT2D eigenvalue weighted by Crippen LogP contribution is 2.24. The second-order valence-electron chi connectivity index (χ2n) is 3.70. The van der Waals surface area contributed by atoms with E-state index >= 15 is 0 Å².